The van der Waals surface area contributed by atoms with Gasteiger partial charge in [0.2, 0.25) is 0 Å². The maximum Gasteiger partial charge on any atom is 0.322 e. The number of nitrogens with one attached hydrogen (secondary N) is 1. The van der Waals surface area contributed by atoms with Gasteiger partial charge in [-0.05, 0) is 12.1 Å². The van der Waals surface area contributed by atoms with Crippen molar-refractivity contribution >= 4 is 22.5 Å². The molecule has 1 aliphatic rings. The standard InChI is InChI=1S/C15H17N3O3/c19-12-9-18(6-7-21-10-12)15(20)17-14-3-1-2-11-8-16-5-4-13(11)14/h1-5,8,12,19H,6-7,9-10H2,(H,17,20)/t12-/m0/s1. The number of hydrogen-bond acceptors (Lipinski definition) is 4. The molecule has 2 amide bonds. The SMILES string of the molecule is O=C(Nc1cccc2cnccc12)N1CCOC[C@@H](O)C1. The number of benzene rings is 1. The van der Waals surface area contributed by atoms with Gasteiger partial charge in [-0.1, -0.05) is 12.1 Å². The summed E-state index contributed by atoms with van der Waals surface area (Å²) in [6.07, 6.45) is 2.81. The molecule has 1 aliphatic heterocycles. The molecule has 1 atom stereocenters. The molecule has 3 rings (SSSR count). The molecule has 0 unspecified atom stereocenters. The maximum atomic E-state index is 12.3. The minimum Gasteiger partial charge on any atom is -0.389 e. The molecule has 1 aromatic carbocycles. The smallest absolute Gasteiger partial charge is 0.322 e. The highest BCUT2D eigenvalue weighted by Crippen LogP contribution is 2.22. The van der Waals surface area contributed by atoms with Crippen molar-refractivity contribution in [1.29, 1.82) is 0 Å². The minimum atomic E-state index is -0.644. The van der Waals surface area contributed by atoms with Gasteiger partial charge in [-0.25, -0.2) is 4.79 Å². The highest BCUT2D eigenvalue weighted by Gasteiger charge is 2.21. The van der Waals surface area contributed by atoms with Gasteiger partial charge in [-0.2, -0.15) is 0 Å². The fraction of sp³-hybridized carbons (Fsp3) is 0.333. The summed E-state index contributed by atoms with van der Waals surface area (Å²) in [6, 6.07) is 7.31. The summed E-state index contributed by atoms with van der Waals surface area (Å²) >= 11 is 0. The zero-order chi connectivity index (χ0) is 14.7. The van der Waals surface area contributed by atoms with E-state index in [1.807, 2.05) is 24.3 Å². The van der Waals surface area contributed by atoms with Crippen molar-refractivity contribution in [3.05, 3.63) is 36.7 Å². The Labute approximate surface area is 122 Å². The number of urea groups is 1. The van der Waals surface area contributed by atoms with E-state index in [-0.39, 0.29) is 19.2 Å². The van der Waals surface area contributed by atoms with Crippen LogP contribution in [0.5, 0.6) is 0 Å². The molecule has 6 heteroatoms. The molecule has 0 spiro atoms. The van der Waals surface area contributed by atoms with E-state index < -0.39 is 6.10 Å². The van der Waals surface area contributed by atoms with Crippen molar-refractivity contribution in [1.82, 2.24) is 9.88 Å². The van der Waals surface area contributed by atoms with E-state index >= 15 is 0 Å². The van der Waals surface area contributed by atoms with E-state index in [0.717, 1.165) is 16.5 Å². The summed E-state index contributed by atoms with van der Waals surface area (Å²) < 4.78 is 5.23. The zero-order valence-corrected chi connectivity index (χ0v) is 11.5. The molecule has 110 valence electrons. The van der Waals surface area contributed by atoms with Crippen molar-refractivity contribution in [2.75, 3.05) is 31.6 Å². The highest BCUT2D eigenvalue weighted by molar-refractivity contribution is 6.01. The normalized spacial score (nSPS) is 19.3. The van der Waals surface area contributed by atoms with Gasteiger partial charge in [0.15, 0.2) is 0 Å². The second kappa shape index (κ2) is 6.07. The summed E-state index contributed by atoms with van der Waals surface area (Å²) in [7, 11) is 0. The fourth-order valence-corrected chi connectivity index (χ4v) is 2.40. The largest absolute Gasteiger partial charge is 0.389 e. The number of fused-ring (bicyclic) bond motifs is 1. The number of anilines is 1. The number of β-amino-alcohol motifs (C(OH)–C–C–N with tert-alkyl or cyclic N) is 1. The first kappa shape index (κ1) is 13.8. The van der Waals surface area contributed by atoms with E-state index in [1.165, 1.54) is 0 Å². The average molecular weight is 287 g/mol. The topological polar surface area (TPSA) is 74.7 Å². The van der Waals surface area contributed by atoms with Gasteiger partial charge in [0.25, 0.3) is 0 Å². The van der Waals surface area contributed by atoms with Crippen LogP contribution in [0.1, 0.15) is 0 Å². The number of amides is 2. The number of ether oxygens (including phenoxy) is 1. The van der Waals surface area contributed by atoms with Crippen molar-refractivity contribution in [2.24, 2.45) is 0 Å². The molecule has 2 aromatic rings. The van der Waals surface area contributed by atoms with Crippen molar-refractivity contribution in [2.45, 2.75) is 6.10 Å². The van der Waals surface area contributed by atoms with Gasteiger partial charge in [-0.3, -0.25) is 4.98 Å². The minimum absolute atomic E-state index is 0.233. The molecule has 2 heterocycles. The van der Waals surface area contributed by atoms with Crippen molar-refractivity contribution in [3.8, 4) is 0 Å². The van der Waals surface area contributed by atoms with Crippen LogP contribution < -0.4 is 5.32 Å². The number of aliphatic hydroxyl groups is 1. The number of nitrogens with zero attached hydrogens (tertiary/aromatic N) is 2. The Morgan fingerprint density at radius 1 is 1.43 bits per heavy atom. The average Bonchev–Trinajstić information content (AvgIpc) is 2.72. The molecule has 0 aliphatic carbocycles. The molecule has 1 saturated heterocycles. The van der Waals surface area contributed by atoms with E-state index in [4.69, 9.17) is 4.74 Å². The van der Waals surface area contributed by atoms with Gasteiger partial charge in [0.1, 0.15) is 0 Å². The van der Waals surface area contributed by atoms with Crippen LogP contribution in [0.15, 0.2) is 36.7 Å². The summed E-state index contributed by atoms with van der Waals surface area (Å²) in [4.78, 5) is 18.0. The van der Waals surface area contributed by atoms with Gasteiger partial charge in [0.05, 0.1) is 31.5 Å². The molecule has 1 fully saturated rings. The molecular formula is C15H17N3O3. The quantitative estimate of drug-likeness (QED) is 0.832. The lowest BCUT2D eigenvalue weighted by Crippen LogP contribution is -2.40. The molecule has 21 heavy (non-hydrogen) atoms. The van der Waals surface area contributed by atoms with Crippen LogP contribution in [-0.4, -0.2) is 53.4 Å². The predicted molar refractivity (Wildman–Crippen MR) is 79.2 cm³/mol. The van der Waals surface area contributed by atoms with Crippen LogP contribution in [-0.2, 0) is 4.74 Å². The van der Waals surface area contributed by atoms with Gasteiger partial charge >= 0.3 is 6.03 Å². The first-order chi connectivity index (χ1) is 10.2. The predicted octanol–water partition coefficient (Wildman–Crippen LogP) is 1.46. The number of carbonyl (C=O) groups excluding carboxylic acids is 1. The Kier molecular flexibility index (Phi) is 3.98. The first-order valence-corrected chi connectivity index (χ1v) is 6.88. The molecule has 0 bridgehead atoms. The van der Waals surface area contributed by atoms with Gasteiger partial charge < -0.3 is 20.1 Å². The molecule has 0 radical (unpaired) electrons. The number of hydrogen-bond donors (Lipinski definition) is 2. The zero-order valence-electron chi connectivity index (χ0n) is 11.5. The Hall–Kier alpha value is -2.18. The molecule has 1 aromatic heterocycles. The lowest BCUT2D eigenvalue weighted by molar-refractivity contribution is 0.0575. The molecule has 0 saturated carbocycles. The van der Waals surface area contributed by atoms with Crippen LogP contribution in [0, 0.1) is 0 Å². The molecule has 2 N–H and O–H groups in total. The van der Waals surface area contributed by atoms with Crippen molar-refractivity contribution < 1.29 is 14.6 Å². The van der Waals surface area contributed by atoms with Crippen LogP contribution in [0.25, 0.3) is 10.8 Å². The van der Waals surface area contributed by atoms with Crippen LogP contribution in [0.4, 0.5) is 10.5 Å². The van der Waals surface area contributed by atoms with E-state index in [2.05, 4.69) is 10.3 Å². The Morgan fingerprint density at radius 2 is 2.33 bits per heavy atom. The van der Waals surface area contributed by atoms with Gasteiger partial charge in [0, 0.05) is 29.7 Å². The molecular weight excluding hydrogens is 270 g/mol. The lowest BCUT2D eigenvalue weighted by atomic mass is 10.1. The maximum absolute atomic E-state index is 12.3. The van der Waals surface area contributed by atoms with Crippen LogP contribution in [0.2, 0.25) is 0 Å². The Balaban J connectivity index is 1.79. The van der Waals surface area contributed by atoms with E-state index in [9.17, 15) is 9.90 Å². The summed E-state index contributed by atoms with van der Waals surface area (Å²) in [5.41, 5.74) is 0.736. The van der Waals surface area contributed by atoms with E-state index in [1.54, 1.807) is 17.3 Å². The van der Waals surface area contributed by atoms with Crippen molar-refractivity contribution in [3.63, 3.8) is 0 Å². The third-order valence-corrected chi connectivity index (χ3v) is 3.46. The second-order valence-corrected chi connectivity index (χ2v) is 5.01. The number of rotatable bonds is 1. The lowest BCUT2D eigenvalue weighted by Gasteiger charge is -2.22. The number of aliphatic hydroxyl groups excluding tert-OH is 1. The highest BCUT2D eigenvalue weighted by atomic mass is 16.5. The fourth-order valence-electron chi connectivity index (χ4n) is 2.40. The van der Waals surface area contributed by atoms with E-state index in [0.29, 0.717) is 13.2 Å². The summed E-state index contributed by atoms with van der Waals surface area (Å²) in [5, 5.41) is 14.5. The first-order valence-electron chi connectivity index (χ1n) is 6.88. The Bertz CT molecular complexity index is 642. The third kappa shape index (κ3) is 3.12. The Morgan fingerprint density at radius 3 is 3.24 bits per heavy atom. The third-order valence-electron chi connectivity index (χ3n) is 3.46. The summed E-state index contributed by atoms with van der Waals surface area (Å²) in [5.74, 6) is 0. The van der Waals surface area contributed by atoms with Crippen LogP contribution >= 0.6 is 0 Å². The summed E-state index contributed by atoms with van der Waals surface area (Å²) in [6.45, 7) is 1.45. The second-order valence-electron chi connectivity index (χ2n) is 5.01. The number of aromatic nitrogens is 1. The number of pyridine rings is 1. The van der Waals surface area contributed by atoms with Crippen LogP contribution in [0.3, 0.4) is 0 Å². The monoisotopic (exact) mass is 287 g/mol. The molecule has 6 nitrogen and oxygen atoms in total. The number of carbonyl (C=O) groups is 1. The van der Waals surface area contributed by atoms with Gasteiger partial charge in [-0.15, -0.1) is 0 Å².